The minimum atomic E-state index is 0.346. The second-order valence-electron chi connectivity index (χ2n) is 12.0. The molecule has 2 aliphatic rings. The number of fused-ring (bicyclic) bond motifs is 1. The number of nitrogens with zero attached hydrogens (tertiary/aromatic N) is 4. The number of rotatable bonds is 7. The summed E-state index contributed by atoms with van der Waals surface area (Å²) in [5.74, 6) is 0.913. The second-order valence-corrected chi connectivity index (χ2v) is 14.1. The molecule has 0 amide bonds. The van der Waals surface area contributed by atoms with E-state index in [-0.39, 0.29) is 0 Å². The molecule has 0 fully saturated rings. The van der Waals surface area contributed by atoms with Crippen molar-refractivity contribution in [2.24, 2.45) is 10.7 Å². The molecule has 54 heavy (non-hydrogen) atoms. The van der Waals surface area contributed by atoms with E-state index in [0.717, 1.165) is 82.6 Å². The monoisotopic (exact) mass is 748 g/mol. The number of nitrogens with one attached hydrogen (secondary N) is 1. The van der Waals surface area contributed by atoms with E-state index in [1.54, 1.807) is 23.1 Å². The fourth-order valence-electron chi connectivity index (χ4n) is 5.44. The number of thioether (sulfide) groups is 1. The highest BCUT2D eigenvalue weighted by Crippen LogP contribution is 2.28. The third kappa shape index (κ3) is 11.7. The highest BCUT2D eigenvalue weighted by molar-refractivity contribution is 8.14. The molecule has 0 radical (unpaired) electrons. The Morgan fingerprint density at radius 2 is 1.74 bits per heavy atom. The summed E-state index contributed by atoms with van der Waals surface area (Å²) >= 11 is 3.21. The lowest BCUT2D eigenvalue weighted by Crippen LogP contribution is -2.29. The van der Waals surface area contributed by atoms with Crippen LogP contribution in [0.1, 0.15) is 71.4 Å². The average molecular weight is 749 g/mol. The maximum absolute atomic E-state index is 10.4. The summed E-state index contributed by atoms with van der Waals surface area (Å²) in [6, 6.07) is 21.1. The van der Waals surface area contributed by atoms with Crippen LogP contribution < -0.4 is 16.3 Å². The molecule has 0 saturated heterocycles. The Bertz CT molecular complexity index is 2290. The largest absolute Gasteiger partial charge is 0.353 e. The van der Waals surface area contributed by atoms with Gasteiger partial charge in [-0.05, 0) is 67.3 Å². The molecule has 2 aromatic carbocycles. The van der Waals surface area contributed by atoms with Crippen LogP contribution in [0.2, 0.25) is 0 Å². The zero-order valence-electron chi connectivity index (χ0n) is 31.8. The van der Waals surface area contributed by atoms with E-state index in [9.17, 15) is 5.26 Å². The van der Waals surface area contributed by atoms with Gasteiger partial charge >= 0.3 is 0 Å². The van der Waals surface area contributed by atoms with E-state index < -0.39 is 0 Å². The quantitative estimate of drug-likeness (QED) is 0.144. The van der Waals surface area contributed by atoms with E-state index in [1.807, 2.05) is 73.7 Å². The zero-order chi connectivity index (χ0) is 39.3. The molecule has 6 rings (SSSR count). The number of nitrogens with two attached hydrogens (primary N) is 1. The number of nitriles is 2. The van der Waals surface area contributed by atoms with Crippen LogP contribution in [0.3, 0.4) is 0 Å². The Balaban J connectivity index is 0.000000345. The number of aryl methyl sites for hydroxylation is 2. The van der Waals surface area contributed by atoms with Gasteiger partial charge in [0.1, 0.15) is 16.6 Å². The van der Waals surface area contributed by atoms with Crippen molar-refractivity contribution in [2.75, 3.05) is 5.75 Å². The summed E-state index contributed by atoms with van der Waals surface area (Å²) in [5.41, 5.74) is 15.2. The molecule has 4 aromatic rings. The summed E-state index contributed by atoms with van der Waals surface area (Å²) in [6.07, 6.45) is 30.7. The van der Waals surface area contributed by atoms with Gasteiger partial charge in [0.05, 0.1) is 40.0 Å². The predicted octanol–water partition coefficient (Wildman–Crippen LogP) is 9.62. The Labute approximate surface area is 329 Å². The Morgan fingerprint density at radius 3 is 2.41 bits per heavy atom. The number of benzene rings is 2. The van der Waals surface area contributed by atoms with Crippen molar-refractivity contribution in [3.05, 3.63) is 151 Å². The Morgan fingerprint density at radius 1 is 1.02 bits per heavy atom. The van der Waals surface area contributed by atoms with Crippen molar-refractivity contribution < 1.29 is 0 Å². The van der Waals surface area contributed by atoms with E-state index in [4.69, 9.17) is 16.0 Å². The lowest BCUT2D eigenvalue weighted by Gasteiger charge is -2.06. The van der Waals surface area contributed by atoms with Gasteiger partial charge in [-0.1, -0.05) is 105 Å². The van der Waals surface area contributed by atoms with E-state index >= 15 is 0 Å². The van der Waals surface area contributed by atoms with Crippen LogP contribution in [0, 0.1) is 49.4 Å². The highest BCUT2D eigenvalue weighted by atomic mass is 32.2. The molecule has 0 spiro atoms. The van der Waals surface area contributed by atoms with Gasteiger partial charge in [0.25, 0.3) is 0 Å². The Hall–Kier alpha value is -5.69. The van der Waals surface area contributed by atoms with Gasteiger partial charge in [-0.3, -0.25) is 0 Å². The van der Waals surface area contributed by atoms with Crippen LogP contribution in [0.5, 0.6) is 0 Å². The van der Waals surface area contributed by atoms with Crippen molar-refractivity contribution in [3.8, 4) is 36.2 Å². The molecule has 3 heterocycles. The van der Waals surface area contributed by atoms with Crippen LogP contribution in [0.4, 0.5) is 0 Å². The smallest absolute Gasteiger partial charge is 0.137 e. The topological polar surface area (TPSA) is 115 Å². The molecule has 1 aliphatic carbocycles. The maximum Gasteiger partial charge on any atom is 0.137 e. The minimum Gasteiger partial charge on any atom is -0.353 e. The standard InChI is InChI=1S/C30H26N4S.C11H12N2S.C3H8.C2H2/c1-19-10-6-8-12-21(19)16-23-24(17-31)28(22-13-9-7-11-20(22)2)34-29(23)25(18-32)30-33-26-14-4-3-5-15-27(26)35-30;1-2-3-4-5-10-7-9-14-11(13-10)6-8-12;1-3-2;1-2/h3-14,16,34H,15,17,31H2,1-2H3;2-5,7H,6,9H2,1H3;3H2,1-2H3;1-2H/b23-16-,29-25-;3-2-,5-4-;;. The van der Waals surface area contributed by atoms with Crippen molar-refractivity contribution >= 4 is 45.9 Å². The normalized spacial score (nSPS) is 13.8. The number of H-pyrrole nitrogens is 1. The average Bonchev–Trinajstić information content (AvgIpc) is 3.67. The summed E-state index contributed by atoms with van der Waals surface area (Å²) in [6.45, 7) is 10.8. The molecular formula is C46H48N6S2. The fourth-order valence-corrected chi connectivity index (χ4v) is 7.25. The number of aromatic nitrogens is 2. The first-order valence-corrected chi connectivity index (χ1v) is 19.6. The lowest BCUT2D eigenvalue weighted by atomic mass is 10.0. The van der Waals surface area contributed by atoms with Gasteiger partial charge < -0.3 is 10.7 Å². The molecule has 6 nitrogen and oxygen atoms in total. The molecular weight excluding hydrogens is 701 g/mol. The second kappa shape index (κ2) is 23.1. The van der Waals surface area contributed by atoms with E-state index in [1.165, 1.54) is 6.42 Å². The molecule has 2 aromatic heterocycles. The predicted molar refractivity (Wildman–Crippen MR) is 233 cm³/mol. The molecule has 8 heteroatoms. The van der Waals surface area contributed by atoms with Crippen molar-refractivity contribution in [2.45, 2.75) is 60.4 Å². The first-order valence-electron chi connectivity index (χ1n) is 17.8. The van der Waals surface area contributed by atoms with Crippen LogP contribution in [-0.2, 0) is 13.0 Å². The number of aromatic amines is 1. The molecule has 0 saturated carbocycles. The zero-order valence-corrected chi connectivity index (χ0v) is 33.4. The molecule has 3 N–H and O–H groups in total. The van der Waals surface area contributed by atoms with Gasteiger partial charge in [0.15, 0.2) is 0 Å². The highest BCUT2D eigenvalue weighted by Gasteiger charge is 2.18. The van der Waals surface area contributed by atoms with Crippen molar-refractivity contribution in [3.63, 3.8) is 0 Å². The van der Waals surface area contributed by atoms with Gasteiger partial charge in [-0.15, -0.1) is 35.9 Å². The number of thiazole rings is 1. The first-order chi connectivity index (χ1) is 26.4. The molecule has 1 aliphatic heterocycles. The SMILES string of the molecule is C#C.C/C=C\C=C/C1=CCSC(CC#N)=N1.CCC.Cc1ccccc1/C=c1/c(CN)c(-c2ccccc2C)[nH]/c1=C(/C#N)c1nc2c(s1)CC=CC=C2. The number of hydrogen-bond acceptors (Lipinski definition) is 7. The molecule has 0 bridgehead atoms. The number of allylic oxidation sites excluding steroid dienone is 7. The van der Waals surface area contributed by atoms with Crippen LogP contribution in [-0.4, -0.2) is 20.8 Å². The van der Waals surface area contributed by atoms with Gasteiger partial charge in [-0.25, -0.2) is 9.98 Å². The summed E-state index contributed by atoms with van der Waals surface area (Å²) in [4.78, 5) is 14.0. The summed E-state index contributed by atoms with van der Waals surface area (Å²) in [5, 5.41) is 22.2. The number of aliphatic imine (C=N–C) groups is 1. The van der Waals surface area contributed by atoms with Crippen molar-refractivity contribution in [1.29, 1.82) is 10.5 Å². The first kappa shape index (κ1) is 42.7. The van der Waals surface area contributed by atoms with Gasteiger partial charge in [-0.2, -0.15) is 10.5 Å². The van der Waals surface area contributed by atoms with Crippen LogP contribution in [0.15, 0.2) is 108 Å². The molecule has 0 atom stereocenters. The van der Waals surface area contributed by atoms with Gasteiger partial charge in [0.2, 0.25) is 0 Å². The number of hydrogen-bond donors (Lipinski definition) is 2. The van der Waals surface area contributed by atoms with Crippen molar-refractivity contribution in [1.82, 2.24) is 9.97 Å². The fraction of sp³-hybridized carbons (Fsp3) is 0.217. The minimum absolute atomic E-state index is 0.346. The number of terminal acetylenes is 1. The van der Waals surface area contributed by atoms with Crippen LogP contribution in [0.25, 0.3) is 29.0 Å². The van der Waals surface area contributed by atoms with E-state index in [2.05, 4.69) is 105 Å². The summed E-state index contributed by atoms with van der Waals surface area (Å²) in [7, 11) is 0. The third-order valence-corrected chi connectivity index (χ3v) is 9.97. The Kier molecular flexibility index (Phi) is 18.3. The van der Waals surface area contributed by atoms with Gasteiger partial charge in [0, 0.05) is 34.4 Å². The molecule has 274 valence electrons. The van der Waals surface area contributed by atoms with E-state index in [0.29, 0.717) is 18.5 Å². The summed E-state index contributed by atoms with van der Waals surface area (Å²) < 4.78 is 0. The third-order valence-electron chi connectivity index (χ3n) is 7.96. The lowest BCUT2D eigenvalue weighted by molar-refractivity contribution is 1.07. The maximum atomic E-state index is 10.4. The molecule has 0 unspecified atom stereocenters. The van der Waals surface area contributed by atoms with Crippen LogP contribution >= 0.6 is 23.1 Å².